The Kier molecular flexibility index (Phi) is 11.0. The molecule has 0 spiro atoms. The third kappa shape index (κ3) is 8.81. The summed E-state index contributed by atoms with van der Waals surface area (Å²) in [5.74, 6) is -0.421. The number of amides is 2. The SMILES string of the molecule is CCOC(=O)[C@@H](Cc1ccccc1)NC(=O)N1CCN(C[C@@H](OCc2cccc(C)c2)c2ccc(Cl)cc2)CC1. The monoisotopic (exact) mass is 563 g/mol. The van der Waals surface area contributed by atoms with Crippen molar-refractivity contribution in [2.75, 3.05) is 39.3 Å². The summed E-state index contributed by atoms with van der Waals surface area (Å²) in [6.45, 7) is 7.82. The molecular formula is C32H38ClN3O4. The van der Waals surface area contributed by atoms with Crippen LogP contribution in [0.3, 0.4) is 0 Å². The van der Waals surface area contributed by atoms with Gasteiger partial charge in [-0.25, -0.2) is 9.59 Å². The van der Waals surface area contributed by atoms with Gasteiger partial charge in [-0.1, -0.05) is 83.9 Å². The van der Waals surface area contributed by atoms with Crippen LogP contribution in [-0.4, -0.2) is 67.2 Å². The molecule has 0 radical (unpaired) electrons. The highest BCUT2D eigenvalue weighted by molar-refractivity contribution is 6.30. The second-order valence-corrected chi connectivity index (χ2v) is 10.5. The van der Waals surface area contributed by atoms with Crippen LogP contribution in [0.5, 0.6) is 0 Å². The van der Waals surface area contributed by atoms with Crippen LogP contribution in [0.25, 0.3) is 0 Å². The minimum absolute atomic E-state index is 0.141. The molecule has 2 atom stereocenters. The number of carbonyl (C=O) groups excluding carboxylic acids is 2. The molecule has 7 nitrogen and oxygen atoms in total. The summed E-state index contributed by atoms with van der Waals surface area (Å²) in [5.41, 5.74) is 4.36. The lowest BCUT2D eigenvalue weighted by molar-refractivity contribution is -0.145. The zero-order chi connectivity index (χ0) is 28.3. The number of urea groups is 1. The number of hydrogen-bond acceptors (Lipinski definition) is 5. The third-order valence-electron chi connectivity index (χ3n) is 7.01. The minimum Gasteiger partial charge on any atom is -0.464 e. The van der Waals surface area contributed by atoms with Crippen LogP contribution in [0.4, 0.5) is 4.79 Å². The van der Waals surface area contributed by atoms with Gasteiger partial charge < -0.3 is 19.7 Å². The van der Waals surface area contributed by atoms with Crippen molar-refractivity contribution in [2.24, 2.45) is 0 Å². The van der Waals surface area contributed by atoms with Gasteiger partial charge in [0.2, 0.25) is 0 Å². The number of benzene rings is 3. The van der Waals surface area contributed by atoms with Crippen LogP contribution < -0.4 is 5.32 Å². The van der Waals surface area contributed by atoms with Crippen molar-refractivity contribution in [3.8, 4) is 0 Å². The summed E-state index contributed by atoms with van der Waals surface area (Å²) in [7, 11) is 0. The molecule has 1 saturated heterocycles. The first-order valence-electron chi connectivity index (χ1n) is 13.8. The van der Waals surface area contributed by atoms with Crippen molar-refractivity contribution in [1.29, 1.82) is 0 Å². The van der Waals surface area contributed by atoms with Crippen LogP contribution in [0.15, 0.2) is 78.9 Å². The van der Waals surface area contributed by atoms with E-state index in [1.165, 1.54) is 5.56 Å². The number of rotatable bonds is 11. The average molecular weight is 564 g/mol. The number of nitrogens with one attached hydrogen (secondary N) is 1. The molecule has 0 saturated carbocycles. The lowest BCUT2D eigenvalue weighted by Gasteiger charge is -2.37. The van der Waals surface area contributed by atoms with Gasteiger partial charge in [-0.2, -0.15) is 0 Å². The van der Waals surface area contributed by atoms with Crippen molar-refractivity contribution >= 4 is 23.6 Å². The molecule has 1 aliphatic heterocycles. The number of ether oxygens (including phenoxy) is 2. The van der Waals surface area contributed by atoms with Gasteiger partial charge in [0.05, 0.1) is 19.3 Å². The first kappa shape index (κ1) is 29.6. The predicted octanol–water partition coefficient (Wildman–Crippen LogP) is 5.41. The van der Waals surface area contributed by atoms with E-state index in [-0.39, 0.29) is 18.7 Å². The van der Waals surface area contributed by atoms with E-state index >= 15 is 0 Å². The molecule has 1 heterocycles. The molecule has 40 heavy (non-hydrogen) atoms. The van der Waals surface area contributed by atoms with E-state index < -0.39 is 12.0 Å². The number of nitrogens with zero attached hydrogens (tertiary/aromatic N) is 2. The summed E-state index contributed by atoms with van der Waals surface area (Å²) >= 11 is 6.14. The molecule has 1 fully saturated rings. The van der Waals surface area contributed by atoms with E-state index in [0.29, 0.717) is 50.8 Å². The molecule has 0 aliphatic carbocycles. The van der Waals surface area contributed by atoms with Gasteiger partial charge in [0.25, 0.3) is 0 Å². The third-order valence-corrected chi connectivity index (χ3v) is 7.26. The predicted molar refractivity (Wildman–Crippen MR) is 157 cm³/mol. The smallest absolute Gasteiger partial charge is 0.329 e. The molecule has 212 valence electrons. The maximum absolute atomic E-state index is 13.1. The fourth-order valence-electron chi connectivity index (χ4n) is 4.82. The highest BCUT2D eigenvalue weighted by Crippen LogP contribution is 2.23. The van der Waals surface area contributed by atoms with Gasteiger partial charge in [-0.3, -0.25) is 4.90 Å². The highest BCUT2D eigenvalue weighted by atomic mass is 35.5. The molecule has 1 aliphatic rings. The summed E-state index contributed by atoms with van der Waals surface area (Å²) in [6, 6.07) is 24.8. The van der Waals surface area contributed by atoms with Crippen LogP contribution in [0.2, 0.25) is 5.02 Å². The quantitative estimate of drug-likeness (QED) is 0.316. The Labute approximate surface area is 242 Å². The Morgan fingerprint density at radius 2 is 1.62 bits per heavy atom. The molecule has 0 bridgehead atoms. The summed E-state index contributed by atoms with van der Waals surface area (Å²) < 4.78 is 11.6. The largest absolute Gasteiger partial charge is 0.464 e. The molecular weight excluding hydrogens is 526 g/mol. The van der Waals surface area contributed by atoms with Crippen LogP contribution in [-0.2, 0) is 27.3 Å². The molecule has 3 aromatic rings. The van der Waals surface area contributed by atoms with Crippen molar-refractivity contribution in [1.82, 2.24) is 15.1 Å². The van der Waals surface area contributed by atoms with E-state index in [0.717, 1.165) is 16.7 Å². The van der Waals surface area contributed by atoms with E-state index in [1.54, 1.807) is 11.8 Å². The number of aryl methyl sites for hydroxylation is 1. The van der Waals surface area contributed by atoms with E-state index in [4.69, 9.17) is 21.1 Å². The molecule has 8 heteroatoms. The van der Waals surface area contributed by atoms with Crippen LogP contribution in [0.1, 0.15) is 35.3 Å². The maximum Gasteiger partial charge on any atom is 0.329 e. The molecule has 0 unspecified atom stereocenters. The molecule has 3 aromatic carbocycles. The van der Waals surface area contributed by atoms with E-state index in [2.05, 4.69) is 35.3 Å². The number of hydrogen-bond donors (Lipinski definition) is 1. The number of carbonyl (C=O) groups is 2. The average Bonchev–Trinajstić information content (AvgIpc) is 2.96. The zero-order valence-electron chi connectivity index (χ0n) is 23.2. The lowest BCUT2D eigenvalue weighted by Crippen LogP contribution is -2.55. The van der Waals surface area contributed by atoms with Crippen molar-refractivity contribution in [2.45, 2.75) is 39.0 Å². The Bertz CT molecular complexity index is 1230. The van der Waals surface area contributed by atoms with Gasteiger partial charge in [0.15, 0.2) is 0 Å². The van der Waals surface area contributed by atoms with Crippen molar-refractivity contribution in [3.63, 3.8) is 0 Å². The van der Waals surface area contributed by atoms with Gasteiger partial charge in [-0.15, -0.1) is 0 Å². The Hall–Kier alpha value is -3.39. The van der Waals surface area contributed by atoms with Crippen LogP contribution >= 0.6 is 11.6 Å². The van der Waals surface area contributed by atoms with E-state index in [1.807, 2.05) is 60.7 Å². The fraction of sp³-hybridized carbons (Fsp3) is 0.375. The molecule has 2 amide bonds. The first-order chi connectivity index (χ1) is 19.4. The molecule has 0 aromatic heterocycles. The zero-order valence-corrected chi connectivity index (χ0v) is 24.0. The molecule has 4 rings (SSSR count). The van der Waals surface area contributed by atoms with Crippen molar-refractivity contribution in [3.05, 3.63) is 106 Å². The van der Waals surface area contributed by atoms with E-state index in [9.17, 15) is 9.59 Å². The van der Waals surface area contributed by atoms with Crippen molar-refractivity contribution < 1.29 is 19.1 Å². The van der Waals surface area contributed by atoms with Gasteiger partial charge in [0, 0.05) is 44.2 Å². The number of piperazine rings is 1. The number of esters is 1. The second kappa shape index (κ2) is 14.8. The Morgan fingerprint density at radius 1 is 0.925 bits per heavy atom. The van der Waals surface area contributed by atoms with Gasteiger partial charge in [0.1, 0.15) is 6.04 Å². The summed E-state index contributed by atoms with van der Waals surface area (Å²) in [6.07, 6.45) is 0.240. The topological polar surface area (TPSA) is 71.1 Å². The first-order valence-corrected chi connectivity index (χ1v) is 14.2. The fourth-order valence-corrected chi connectivity index (χ4v) is 4.95. The highest BCUT2D eigenvalue weighted by Gasteiger charge is 2.28. The van der Waals surface area contributed by atoms with Gasteiger partial charge >= 0.3 is 12.0 Å². The maximum atomic E-state index is 13.1. The summed E-state index contributed by atoms with van der Waals surface area (Å²) in [4.78, 5) is 29.8. The number of halogens is 1. The molecule has 1 N–H and O–H groups in total. The second-order valence-electron chi connectivity index (χ2n) is 10.1. The van der Waals surface area contributed by atoms with Gasteiger partial charge in [-0.05, 0) is 42.7 Å². The standard InChI is InChI=1S/C32H38ClN3O4/c1-3-39-31(37)29(21-25-9-5-4-6-10-25)34-32(38)36-18-16-35(17-19-36)22-30(27-12-14-28(33)15-13-27)40-23-26-11-7-8-24(2)20-26/h4-15,20,29-30H,3,16-19,21-23H2,1-2H3,(H,34,38)/t29-,30-/m1/s1. The lowest BCUT2D eigenvalue weighted by atomic mass is 10.1. The normalized spacial score (nSPS) is 15.3. The summed E-state index contributed by atoms with van der Waals surface area (Å²) in [5, 5.41) is 3.60. The van der Waals surface area contributed by atoms with Crippen LogP contribution in [0, 0.1) is 6.92 Å². The minimum atomic E-state index is -0.739. The Morgan fingerprint density at radius 3 is 2.30 bits per heavy atom. The Balaban J connectivity index is 1.34.